The van der Waals surface area contributed by atoms with E-state index in [0.717, 1.165) is 11.9 Å². The Bertz CT molecular complexity index is 442. The molecular weight excluding hydrogens is 214 g/mol. The summed E-state index contributed by atoms with van der Waals surface area (Å²) in [5, 5.41) is 7.72. The molecular formula is C9H15N3O2S. The summed E-state index contributed by atoms with van der Waals surface area (Å²) in [7, 11) is -1.74. The second-order valence-electron chi connectivity index (χ2n) is 3.72. The molecule has 5 nitrogen and oxygen atoms in total. The highest BCUT2D eigenvalue weighted by atomic mass is 32.2. The van der Waals surface area contributed by atoms with Crippen molar-refractivity contribution in [1.82, 2.24) is 10.2 Å². The summed E-state index contributed by atoms with van der Waals surface area (Å²) < 4.78 is 23.8. The Labute approximate surface area is 90.2 Å². The van der Waals surface area contributed by atoms with Gasteiger partial charge in [0.05, 0.1) is 23.8 Å². The molecule has 1 heterocycles. The number of hydrogen-bond acceptors (Lipinski definition) is 4. The van der Waals surface area contributed by atoms with Crippen LogP contribution in [0, 0.1) is 0 Å². The van der Waals surface area contributed by atoms with Gasteiger partial charge in [0.1, 0.15) is 0 Å². The van der Waals surface area contributed by atoms with Gasteiger partial charge in [-0.25, -0.2) is 8.42 Å². The predicted octanol–water partition coefficient (Wildman–Crippen LogP) is 0.996. The SMILES string of the molecule is CC(C)c1cc(N(C)S(C)(=O)=O)cnn1. The van der Waals surface area contributed by atoms with Gasteiger partial charge >= 0.3 is 0 Å². The summed E-state index contributed by atoms with van der Waals surface area (Å²) >= 11 is 0. The standard InChI is InChI=1S/C9H15N3O2S/c1-7(2)9-5-8(6-10-11-9)12(3)15(4,13)14/h5-7H,1-4H3. The lowest BCUT2D eigenvalue weighted by atomic mass is 10.1. The van der Waals surface area contributed by atoms with Crippen LogP contribution in [0.3, 0.4) is 0 Å². The summed E-state index contributed by atoms with van der Waals surface area (Å²) in [6.45, 7) is 3.96. The van der Waals surface area contributed by atoms with Gasteiger partial charge in [0.15, 0.2) is 0 Å². The van der Waals surface area contributed by atoms with E-state index < -0.39 is 10.0 Å². The van der Waals surface area contributed by atoms with Crippen molar-refractivity contribution >= 4 is 15.7 Å². The molecule has 0 bridgehead atoms. The third kappa shape index (κ3) is 2.89. The van der Waals surface area contributed by atoms with Crippen molar-refractivity contribution < 1.29 is 8.42 Å². The van der Waals surface area contributed by atoms with Crippen LogP contribution in [-0.4, -0.2) is 31.9 Å². The van der Waals surface area contributed by atoms with Crippen molar-refractivity contribution in [2.24, 2.45) is 0 Å². The zero-order valence-corrected chi connectivity index (χ0v) is 10.1. The summed E-state index contributed by atoms with van der Waals surface area (Å²) in [6, 6.07) is 1.73. The highest BCUT2D eigenvalue weighted by Crippen LogP contribution is 2.18. The lowest BCUT2D eigenvalue weighted by Gasteiger charge is -2.16. The van der Waals surface area contributed by atoms with Gasteiger partial charge < -0.3 is 0 Å². The number of sulfonamides is 1. The zero-order valence-electron chi connectivity index (χ0n) is 9.30. The lowest BCUT2D eigenvalue weighted by molar-refractivity contribution is 0.600. The molecule has 1 aromatic rings. The summed E-state index contributed by atoms with van der Waals surface area (Å²) in [5.74, 6) is 0.227. The molecule has 1 rings (SSSR count). The third-order valence-electron chi connectivity index (χ3n) is 2.11. The van der Waals surface area contributed by atoms with Gasteiger partial charge in [-0.05, 0) is 12.0 Å². The minimum absolute atomic E-state index is 0.227. The smallest absolute Gasteiger partial charge is 0.232 e. The van der Waals surface area contributed by atoms with Crippen molar-refractivity contribution in [3.05, 3.63) is 18.0 Å². The van der Waals surface area contributed by atoms with Crippen LogP contribution in [0.15, 0.2) is 12.3 Å². The van der Waals surface area contributed by atoms with Crippen LogP contribution in [0.25, 0.3) is 0 Å². The quantitative estimate of drug-likeness (QED) is 0.775. The van der Waals surface area contributed by atoms with Gasteiger partial charge in [-0.2, -0.15) is 10.2 Å². The lowest BCUT2D eigenvalue weighted by Crippen LogP contribution is -2.25. The van der Waals surface area contributed by atoms with Gasteiger partial charge in [0.2, 0.25) is 10.0 Å². The molecule has 0 aliphatic carbocycles. The predicted molar refractivity (Wildman–Crippen MR) is 59.4 cm³/mol. The van der Waals surface area contributed by atoms with Crippen LogP contribution in [0.4, 0.5) is 5.69 Å². The maximum atomic E-state index is 11.3. The van der Waals surface area contributed by atoms with Gasteiger partial charge in [0, 0.05) is 7.05 Å². The number of anilines is 1. The van der Waals surface area contributed by atoms with Crippen LogP contribution in [0.1, 0.15) is 25.5 Å². The van der Waals surface area contributed by atoms with Crippen LogP contribution in [-0.2, 0) is 10.0 Å². The largest absolute Gasteiger partial charge is 0.272 e. The van der Waals surface area contributed by atoms with Gasteiger partial charge in [-0.15, -0.1) is 0 Å². The minimum atomic E-state index is -3.23. The highest BCUT2D eigenvalue weighted by molar-refractivity contribution is 7.92. The van der Waals surface area contributed by atoms with Crippen molar-refractivity contribution in [2.45, 2.75) is 19.8 Å². The summed E-state index contributed by atoms with van der Waals surface area (Å²) in [6.07, 6.45) is 2.59. The Morgan fingerprint density at radius 3 is 2.47 bits per heavy atom. The number of hydrogen-bond donors (Lipinski definition) is 0. The second kappa shape index (κ2) is 4.14. The van der Waals surface area contributed by atoms with Crippen LogP contribution in [0.5, 0.6) is 0 Å². The monoisotopic (exact) mass is 229 g/mol. The Balaban J connectivity index is 3.11. The maximum absolute atomic E-state index is 11.3. The Hall–Kier alpha value is -1.17. The normalized spacial score (nSPS) is 11.8. The third-order valence-corrected chi connectivity index (χ3v) is 3.32. The molecule has 15 heavy (non-hydrogen) atoms. The fourth-order valence-corrected chi connectivity index (χ4v) is 1.50. The number of nitrogens with zero attached hydrogens (tertiary/aromatic N) is 3. The zero-order chi connectivity index (χ0) is 11.6. The average molecular weight is 229 g/mol. The molecule has 0 unspecified atom stereocenters. The van der Waals surface area contributed by atoms with E-state index in [4.69, 9.17) is 0 Å². The van der Waals surface area contributed by atoms with E-state index in [1.54, 1.807) is 6.07 Å². The van der Waals surface area contributed by atoms with Gasteiger partial charge in [-0.3, -0.25) is 4.31 Å². The molecule has 0 saturated heterocycles. The van der Waals surface area contributed by atoms with Crippen LogP contribution in [0.2, 0.25) is 0 Å². The molecule has 0 aliphatic rings. The Kier molecular flexibility index (Phi) is 3.28. The van der Waals surface area contributed by atoms with E-state index >= 15 is 0 Å². The second-order valence-corrected chi connectivity index (χ2v) is 5.74. The van der Waals surface area contributed by atoms with Crippen LogP contribution < -0.4 is 4.31 Å². The first kappa shape index (κ1) is 11.9. The molecule has 0 saturated carbocycles. The number of aromatic nitrogens is 2. The summed E-state index contributed by atoms with van der Waals surface area (Å²) in [5.41, 5.74) is 1.32. The van der Waals surface area contributed by atoms with E-state index in [-0.39, 0.29) is 5.92 Å². The van der Waals surface area contributed by atoms with Crippen molar-refractivity contribution in [2.75, 3.05) is 17.6 Å². The highest BCUT2D eigenvalue weighted by Gasteiger charge is 2.13. The van der Waals surface area contributed by atoms with Gasteiger partial charge in [0.25, 0.3) is 0 Å². The number of rotatable bonds is 3. The van der Waals surface area contributed by atoms with E-state index in [2.05, 4.69) is 10.2 Å². The fraction of sp³-hybridized carbons (Fsp3) is 0.556. The molecule has 0 atom stereocenters. The molecule has 0 amide bonds. The van der Waals surface area contributed by atoms with E-state index in [9.17, 15) is 8.42 Å². The molecule has 0 radical (unpaired) electrons. The van der Waals surface area contributed by atoms with Gasteiger partial charge in [-0.1, -0.05) is 13.8 Å². The maximum Gasteiger partial charge on any atom is 0.232 e. The summed E-state index contributed by atoms with van der Waals surface area (Å²) in [4.78, 5) is 0. The topological polar surface area (TPSA) is 63.2 Å². The minimum Gasteiger partial charge on any atom is -0.272 e. The Morgan fingerprint density at radius 1 is 1.40 bits per heavy atom. The molecule has 84 valence electrons. The van der Waals surface area contributed by atoms with E-state index in [0.29, 0.717) is 5.69 Å². The first-order valence-electron chi connectivity index (χ1n) is 4.59. The van der Waals surface area contributed by atoms with E-state index in [1.165, 1.54) is 17.5 Å². The van der Waals surface area contributed by atoms with E-state index in [1.807, 2.05) is 13.8 Å². The molecule has 0 spiro atoms. The molecule has 0 aromatic carbocycles. The van der Waals surface area contributed by atoms with Crippen molar-refractivity contribution in [1.29, 1.82) is 0 Å². The van der Waals surface area contributed by atoms with Crippen molar-refractivity contribution in [3.63, 3.8) is 0 Å². The molecule has 0 N–H and O–H groups in total. The molecule has 1 aromatic heterocycles. The average Bonchev–Trinajstić information content (AvgIpc) is 2.15. The molecule has 0 aliphatic heterocycles. The Morgan fingerprint density at radius 2 is 2.00 bits per heavy atom. The fourth-order valence-electron chi connectivity index (χ4n) is 1.02. The molecule has 0 fully saturated rings. The van der Waals surface area contributed by atoms with Crippen LogP contribution >= 0.6 is 0 Å². The first-order valence-corrected chi connectivity index (χ1v) is 6.43. The molecule has 6 heteroatoms. The first-order chi connectivity index (χ1) is 6.82. The van der Waals surface area contributed by atoms with Crippen molar-refractivity contribution in [3.8, 4) is 0 Å².